The first kappa shape index (κ1) is 16.4. The lowest BCUT2D eigenvalue weighted by molar-refractivity contribution is 0.0754. The highest BCUT2D eigenvalue weighted by atomic mass is 32.2. The van der Waals surface area contributed by atoms with E-state index < -0.39 is 0 Å². The molecule has 23 heavy (non-hydrogen) atoms. The van der Waals surface area contributed by atoms with E-state index in [9.17, 15) is 0 Å². The first-order valence-corrected chi connectivity index (χ1v) is 9.27. The van der Waals surface area contributed by atoms with Gasteiger partial charge in [0.2, 0.25) is 0 Å². The third-order valence-electron chi connectivity index (χ3n) is 4.30. The van der Waals surface area contributed by atoms with Gasteiger partial charge in [-0.15, -0.1) is 11.8 Å². The van der Waals surface area contributed by atoms with Crippen molar-refractivity contribution in [1.29, 1.82) is 0 Å². The Morgan fingerprint density at radius 2 is 1.74 bits per heavy atom. The third kappa shape index (κ3) is 3.91. The molecule has 0 bridgehead atoms. The minimum atomic E-state index is 0.414. The molecule has 1 aliphatic heterocycles. The molecule has 3 rings (SSSR count). The standard InChI is InChI=1S/C20H25NOS/c1-15-9-10-20(23-14-18-7-5-4-6-8-18)19(11-15)21-16(2)12-22-13-17(21)3/h4-11,16-17H,12-14H2,1-3H3/t16-,17-/m0/s1. The average Bonchev–Trinajstić information content (AvgIpc) is 2.55. The number of aryl methyl sites for hydroxylation is 1. The summed E-state index contributed by atoms with van der Waals surface area (Å²) in [5, 5.41) is 0. The molecule has 2 nitrogen and oxygen atoms in total. The summed E-state index contributed by atoms with van der Waals surface area (Å²) < 4.78 is 5.70. The van der Waals surface area contributed by atoms with E-state index >= 15 is 0 Å². The fraction of sp³-hybridized carbons (Fsp3) is 0.400. The lowest BCUT2D eigenvalue weighted by atomic mass is 10.1. The Bertz CT molecular complexity index is 633. The molecule has 122 valence electrons. The van der Waals surface area contributed by atoms with Gasteiger partial charge in [0, 0.05) is 22.7 Å². The van der Waals surface area contributed by atoms with E-state index in [-0.39, 0.29) is 0 Å². The molecule has 0 aromatic heterocycles. The van der Waals surface area contributed by atoms with Crippen molar-refractivity contribution in [3.05, 3.63) is 59.7 Å². The minimum Gasteiger partial charge on any atom is -0.377 e. The molecule has 0 N–H and O–H groups in total. The molecule has 1 fully saturated rings. The van der Waals surface area contributed by atoms with Crippen LogP contribution in [0, 0.1) is 6.92 Å². The van der Waals surface area contributed by atoms with Gasteiger partial charge in [0.1, 0.15) is 0 Å². The van der Waals surface area contributed by atoms with E-state index in [1.807, 2.05) is 11.8 Å². The van der Waals surface area contributed by atoms with E-state index in [0.29, 0.717) is 12.1 Å². The van der Waals surface area contributed by atoms with Crippen LogP contribution in [0.1, 0.15) is 25.0 Å². The van der Waals surface area contributed by atoms with Crippen molar-refractivity contribution in [2.24, 2.45) is 0 Å². The van der Waals surface area contributed by atoms with Crippen LogP contribution < -0.4 is 4.90 Å². The number of ether oxygens (including phenoxy) is 1. The Kier molecular flexibility index (Phi) is 5.29. The molecule has 2 aromatic rings. The molecule has 0 amide bonds. The molecule has 3 heteroatoms. The second-order valence-corrected chi connectivity index (χ2v) is 7.41. The van der Waals surface area contributed by atoms with Crippen LogP contribution in [0.15, 0.2) is 53.4 Å². The van der Waals surface area contributed by atoms with Gasteiger partial charge in [0.25, 0.3) is 0 Å². The van der Waals surface area contributed by atoms with Crippen molar-refractivity contribution in [3.8, 4) is 0 Å². The Hall–Kier alpha value is -1.45. The molecular formula is C20H25NOS. The van der Waals surface area contributed by atoms with Crippen molar-refractivity contribution in [1.82, 2.24) is 0 Å². The van der Waals surface area contributed by atoms with Crippen molar-refractivity contribution < 1.29 is 4.74 Å². The first-order chi connectivity index (χ1) is 11.1. The SMILES string of the molecule is Cc1ccc(SCc2ccccc2)c(N2[C@@H](C)COC[C@@H]2C)c1. The molecular weight excluding hydrogens is 302 g/mol. The molecule has 0 spiro atoms. The Balaban J connectivity index is 1.85. The van der Waals surface area contributed by atoms with Gasteiger partial charge in [0.15, 0.2) is 0 Å². The van der Waals surface area contributed by atoms with E-state index in [1.165, 1.54) is 21.7 Å². The summed E-state index contributed by atoms with van der Waals surface area (Å²) in [5.41, 5.74) is 4.04. The number of hydrogen-bond donors (Lipinski definition) is 0. The zero-order valence-corrected chi connectivity index (χ0v) is 15.0. The van der Waals surface area contributed by atoms with Crippen LogP contribution in [0.4, 0.5) is 5.69 Å². The van der Waals surface area contributed by atoms with Crippen LogP contribution in [0.5, 0.6) is 0 Å². The number of thioether (sulfide) groups is 1. The summed E-state index contributed by atoms with van der Waals surface area (Å²) in [7, 11) is 0. The molecule has 0 radical (unpaired) electrons. The Morgan fingerprint density at radius 1 is 1.04 bits per heavy atom. The molecule has 0 saturated carbocycles. The summed E-state index contributed by atoms with van der Waals surface area (Å²) in [6.07, 6.45) is 0. The lowest BCUT2D eigenvalue weighted by Gasteiger charge is -2.41. The van der Waals surface area contributed by atoms with Gasteiger partial charge in [-0.05, 0) is 44.0 Å². The summed E-state index contributed by atoms with van der Waals surface area (Å²) in [5.74, 6) is 1.00. The molecule has 1 aliphatic rings. The van der Waals surface area contributed by atoms with Crippen LogP contribution in [0.25, 0.3) is 0 Å². The first-order valence-electron chi connectivity index (χ1n) is 8.28. The van der Waals surface area contributed by atoms with E-state index in [0.717, 1.165) is 19.0 Å². The van der Waals surface area contributed by atoms with Crippen molar-refractivity contribution in [2.45, 2.75) is 43.5 Å². The monoisotopic (exact) mass is 327 g/mol. The second kappa shape index (κ2) is 7.41. The minimum absolute atomic E-state index is 0.414. The normalized spacial score (nSPS) is 21.4. The predicted molar refractivity (Wildman–Crippen MR) is 99.4 cm³/mol. The van der Waals surface area contributed by atoms with Crippen LogP contribution in [-0.2, 0) is 10.5 Å². The summed E-state index contributed by atoms with van der Waals surface area (Å²) in [6.45, 7) is 8.29. The Morgan fingerprint density at radius 3 is 2.43 bits per heavy atom. The van der Waals surface area contributed by atoms with Crippen LogP contribution in [-0.4, -0.2) is 25.3 Å². The van der Waals surface area contributed by atoms with Crippen molar-refractivity contribution >= 4 is 17.4 Å². The predicted octanol–water partition coefficient (Wildman–Crippen LogP) is 4.90. The summed E-state index contributed by atoms with van der Waals surface area (Å²) in [4.78, 5) is 3.89. The maximum atomic E-state index is 5.70. The fourth-order valence-electron chi connectivity index (χ4n) is 3.17. The van der Waals surface area contributed by atoms with Gasteiger partial charge in [0.05, 0.1) is 18.9 Å². The number of benzene rings is 2. The number of morpholine rings is 1. The zero-order chi connectivity index (χ0) is 16.2. The highest BCUT2D eigenvalue weighted by Crippen LogP contribution is 2.36. The molecule has 0 aliphatic carbocycles. The van der Waals surface area contributed by atoms with E-state index in [4.69, 9.17) is 4.74 Å². The molecule has 2 aromatic carbocycles. The van der Waals surface area contributed by atoms with Crippen LogP contribution in [0.3, 0.4) is 0 Å². The van der Waals surface area contributed by atoms with Gasteiger partial charge in [-0.1, -0.05) is 36.4 Å². The zero-order valence-electron chi connectivity index (χ0n) is 14.2. The molecule has 1 heterocycles. The topological polar surface area (TPSA) is 12.5 Å². The van der Waals surface area contributed by atoms with Gasteiger partial charge >= 0.3 is 0 Å². The van der Waals surface area contributed by atoms with E-state index in [1.54, 1.807) is 0 Å². The van der Waals surface area contributed by atoms with Crippen molar-refractivity contribution in [3.63, 3.8) is 0 Å². The van der Waals surface area contributed by atoms with Gasteiger partial charge in [-0.3, -0.25) is 0 Å². The van der Waals surface area contributed by atoms with Crippen LogP contribution in [0.2, 0.25) is 0 Å². The second-order valence-electron chi connectivity index (χ2n) is 6.39. The quantitative estimate of drug-likeness (QED) is 0.741. The molecule has 1 saturated heterocycles. The lowest BCUT2D eigenvalue weighted by Crippen LogP contribution is -2.50. The smallest absolute Gasteiger partial charge is 0.0668 e. The van der Waals surface area contributed by atoms with E-state index in [2.05, 4.69) is 74.2 Å². The van der Waals surface area contributed by atoms with Gasteiger partial charge < -0.3 is 9.64 Å². The average molecular weight is 327 g/mol. The maximum Gasteiger partial charge on any atom is 0.0668 e. The third-order valence-corrected chi connectivity index (χ3v) is 5.43. The van der Waals surface area contributed by atoms with Crippen LogP contribution >= 0.6 is 11.8 Å². The van der Waals surface area contributed by atoms with Gasteiger partial charge in [-0.25, -0.2) is 0 Å². The number of nitrogens with zero attached hydrogens (tertiary/aromatic N) is 1. The number of hydrogen-bond acceptors (Lipinski definition) is 3. The number of anilines is 1. The fourth-order valence-corrected chi connectivity index (χ4v) is 4.16. The van der Waals surface area contributed by atoms with Crippen molar-refractivity contribution in [2.75, 3.05) is 18.1 Å². The summed E-state index contributed by atoms with van der Waals surface area (Å²) in [6, 6.07) is 18.3. The maximum absolute atomic E-state index is 5.70. The largest absolute Gasteiger partial charge is 0.377 e. The Labute approximate surface area is 143 Å². The highest BCUT2D eigenvalue weighted by molar-refractivity contribution is 7.98. The summed E-state index contributed by atoms with van der Waals surface area (Å²) >= 11 is 1.92. The molecule has 2 atom stereocenters. The molecule has 0 unspecified atom stereocenters. The highest BCUT2D eigenvalue weighted by Gasteiger charge is 2.27. The van der Waals surface area contributed by atoms with Gasteiger partial charge in [-0.2, -0.15) is 0 Å². The number of rotatable bonds is 4.